The van der Waals surface area contributed by atoms with Crippen LogP contribution in [0.25, 0.3) is 5.52 Å². The minimum atomic E-state index is -0.211. The SMILES string of the molecule is CC(C)(C)NC1CCC(N2CC[C@H](Nc3ncnn4cc(C(C)(C)C)cc34)C2=O)CC1. The normalized spacial score (nSPS) is 25.4. The van der Waals surface area contributed by atoms with Crippen LogP contribution < -0.4 is 10.6 Å². The standard InChI is InChI=1S/C24H38N6O/c1-23(2,3)16-13-20-21(25-15-26-30(20)14-16)27-19-11-12-29(22(19)31)18-9-7-17(8-10-18)28-24(4,5)6/h13-15,17-19,28H,7-12H2,1-6H3,(H,25,26,27)/t17?,18?,19-/m0/s1. The summed E-state index contributed by atoms with van der Waals surface area (Å²) in [7, 11) is 0. The monoisotopic (exact) mass is 426 g/mol. The van der Waals surface area contributed by atoms with Crippen LogP contribution in [-0.4, -0.2) is 55.6 Å². The average molecular weight is 427 g/mol. The molecule has 0 bridgehead atoms. The van der Waals surface area contributed by atoms with Crippen molar-refractivity contribution in [1.82, 2.24) is 24.8 Å². The van der Waals surface area contributed by atoms with E-state index in [4.69, 9.17) is 0 Å². The molecule has 170 valence electrons. The van der Waals surface area contributed by atoms with E-state index in [1.54, 1.807) is 6.33 Å². The molecule has 2 aromatic rings. The Bertz CT molecular complexity index is 930. The molecule has 7 heteroatoms. The molecule has 2 aliphatic rings. The summed E-state index contributed by atoms with van der Waals surface area (Å²) in [5.74, 6) is 0.954. The van der Waals surface area contributed by atoms with Crippen LogP contribution in [0.15, 0.2) is 18.6 Å². The number of hydrogen-bond acceptors (Lipinski definition) is 5. The molecular formula is C24H38N6O. The van der Waals surface area contributed by atoms with Gasteiger partial charge in [-0.2, -0.15) is 5.10 Å². The number of nitrogens with one attached hydrogen (secondary N) is 2. The van der Waals surface area contributed by atoms with Crippen LogP contribution in [-0.2, 0) is 10.2 Å². The number of carbonyl (C=O) groups excluding carboxylic acids is 1. The van der Waals surface area contributed by atoms with E-state index in [1.165, 1.54) is 5.56 Å². The third-order valence-corrected chi connectivity index (χ3v) is 6.60. The average Bonchev–Trinajstić information content (AvgIpc) is 3.26. The molecule has 31 heavy (non-hydrogen) atoms. The van der Waals surface area contributed by atoms with Gasteiger partial charge >= 0.3 is 0 Å². The maximum atomic E-state index is 13.2. The molecule has 4 rings (SSSR count). The fraction of sp³-hybridized carbons (Fsp3) is 0.708. The Morgan fingerprint density at radius 1 is 1.03 bits per heavy atom. The van der Waals surface area contributed by atoms with Gasteiger partial charge in [-0.15, -0.1) is 0 Å². The van der Waals surface area contributed by atoms with E-state index >= 15 is 0 Å². The minimum Gasteiger partial charge on any atom is -0.356 e. The molecule has 1 amide bonds. The topological polar surface area (TPSA) is 74.6 Å². The molecule has 0 unspecified atom stereocenters. The number of nitrogens with zero attached hydrogens (tertiary/aromatic N) is 4. The van der Waals surface area contributed by atoms with Crippen molar-refractivity contribution >= 4 is 17.2 Å². The number of likely N-dealkylation sites (tertiary alicyclic amines) is 1. The van der Waals surface area contributed by atoms with Gasteiger partial charge in [-0.25, -0.2) is 9.50 Å². The molecule has 1 atom stereocenters. The molecule has 7 nitrogen and oxygen atoms in total. The molecule has 0 spiro atoms. The van der Waals surface area contributed by atoms with Crippen molar-refractivity contribution in [2.24, 2.45) is 0 Å². The van der Waals surface area contributed by atoms with Crippen LogP contribution in [0.3, 0.4) is 0 Å². The summed E-state index contributed by atoms with van der Waals surface area (Å²) in [6.45, 7) is 14.1. The predicted octanol–water partition coefficient (Wildman–Crippen LogP) is 3.74. The van der Waals surface area contributed by atoms with Gasteiger partial charge in [0.2, 0.25) is 5.91 Å². The maximum absolute atomic E-state index is 13.2. The Kier molecular flexibility index (Phi) is 5.75. The number of amides is 1. The van der Waals surface area contributed by atoms with Crippen molar-refractivity contribution in [3.63, 3.8) is 0 Å². The zero-order chi connectivity index (χ0) is 22.4. The molecule has 2 aromatic heterocycles. The summed E-state index contributed by atoms with van der Waals surface area (Å²) in [6, 6.07) is 2.84. The van der Waals surface area contributed by atoms with Crippen LogP contribution in [0, 0.1) is 0 Å². The number of fused-ring (bicyclic) bond motifs is 1. The second kappa shape index (κ2) is 8.08. The van der Waals surface area contributed by atoms with Gasteiger partial charge in [0.15, 0.2) is 5.82 Å². The second-order valence-electron chi connectivity index (χ2n) is 11.3. The molecule has 2 N–H and O–H groups in total. The highest BCUT2D eigenvalue weighted by molar-refractivity contribution is 5.88. The summed E-state index contributed by atoms with van der Waals surface area (Å²) in [5.41, 5.74) is 2.30. The highest BCUT2D eigenvalue weighted by atomic mass is 16.2. The number of rotatable bonds is 4. The third-order valence-electron chi connectivity index (χ3n) is 6.60. The lowest BCUT2D eigenvalue weighted by Gasteiger charge is -2.37. The molecule has 2 fully saturated rings. The van der Waals surface area contributed by atoms with E-state index in [2.05, 4.69) is 79.4 Å². The van der Waals surface area contributed by atoms with E-state index in [-0.39, 0.29) is 22.9 Å². The second-order valence-corrected chi connectivity index (χ2v) is 11.3. The van der Waals surface area contributed by atoms with Gasteiger partial charge in [0.05, 0.1) is 0 Å². The van der Waals surface area contributed by atoms with Crippen molar-refractivity contribution < 1.29 is 4.79 Å². The Labute approximate surface area is 186 Å². The lowest BCUT2D eigenvalue weighted by Crippen LogP contribution is -2.49. The van der Waals surface area contributed by atoms with Crippen LogP contribution in [0.5, 0.6) is 0 Å². The summed E-state index contributed by atoms with van der Waals surface area (Å²) in [4.78, 5) is 19.8. The Balaban J connectivity index is 1.41. The van der Waals surface area contributed by atoms with E-state index in [0.717, 1.165) is 50.0 Å². The van der Waals surface area contributed by atoms with Gasteiger partial charge in [0.1, 0.15) is 17.9 Å². The largest absolute Gasteiger partial charge is 0.356 e. The lowest BCUT2D eigenvalue weighted by atomic mass is 9.89. The summed E-state index contributed by atoms with van der Waals surface area (Å²) < 4.78 is 1.86. The quantitative estimate of drug-likeness (QED) is 0.779. The van der Waals surface area contributed by atoms with Gasteiger partial charge in [-0.1, -0.05) is 20.8 Å². The summed E-state index contributed by atoms with van der Waals surface area (Å²) >= 11 is 0. The first kappa shape index (κ1) is 22.1. The number of anilines is 1. The fourth-order valence-corrected chi connectivity index (χ4v) is 4.96. The highest BCUT2D eigenvalue weighted by Crippen LogP contribution is 2.30. The fourth-order valence-electron chi connectivity index (χ4n) is 4.96. The van der Waals surface area contributed by atoms with Gasteiger partial charge in [0, 0.05) is 30.4 Å². The summed E-state index contributed by atoms with van der Waals surface area (Å²) in [5, 5.41) is 11.5. The van der Waals surface area contributed by atoms with Crippen molar-refractivity contribution in [2.45, 2.75) is 103 Å². The molecule has 0 aromatic carbocycles. The van der Waals surface area contributed by atoms with E-state index in [1.807, 2.05) is 4.52 Å². The molecule has 1 saturated heterocycles. The predicted molar refractivity (Wildman–Crippen MR) is 124 cm³/mol. The smallest absolute Gasteiger partial charge is 0.245 e. The first-order chi connectivity index (χ1) is 14.5. The van der Waals surface area contributed by atoms with Crippen molar-refractivity contribution in [1.29, 1.82) is 0 Å². The van der Waals surface area contributed by atoms with E-state index in [0.29, 0.717) is 12.1 Å². The first-order valence-electron chi connectivity index (χ1n) is 11.7. The Hall–Kier alpha value is -2.15. The molecular weight excluding hydrogens is 388 g/mol. The first-order valence-corrected chi connectivity index (χ1v) is 11.7. The number of carbonyl (C=O) groups is 1. The Morgan fingerprint density at radius 2 is 1.74 bits per heavy atom. The van der Waals surface area contributed by atoms with Gasteiger partial charge in [-0.3, -0.25) is 4.79 Å². The van der Waals surface area contributed by atoms with Crippen LogP contribution in [0.4, 0.5) is 5.82 Å². The van der Waals surface area contributed by atoms with Crippen molar-refractivity contribution in [3.05, 3.63) is 24.2 Å². The molecule has 1 aliphatic carbocycles. The zero-order valence-electron chi connectivity index (χ0n) is 19.9. The highest BCUT2D eigenvalue weighted by Gasteiger charge is 2.38. The van der Waals surface area contributed by atoms with Crippen molar-refractivity contribution in [3.8, 4) is 0 Å². The molecule has 1 aliphatic heterocycles. The van der Waals surface area contributed by atoms with Crippen LogP contribution in [0.1, 0.15) is 79.2 Å². The Morgan fingerprint density at radius 3 is 2.39 bits per heavy atom. The number of aromatic nitrogens is 3. The number of hydrogen-bond donors (Lipinski definition) is 2. The summed E-state index contributed by atoms with van der Waals surface area (Å²) in [6.07, 6.45) is 8.86. The maximum Gasteiger partial charge on any atom is 0.245 e. The van der Waals surface area contributed by atoms with Gasteiger partial charge < -0.3 is 15.5 Å². The van der Waals surface area contributed by atoms with Crippen LogP contribution >= 0.6 is 0 Å². The van der Waals surface area contributed by atoms with Crippen LogP contribution in [0.2, 0.25) is 0 Å². The van der Waals surface area contributed by atoms with Gasteiger partial charge in [-0.05, 0) is 69.9 Å². The molecule has 0 radical (unpaired) electrons. The lowest BCUT2D eigenvalue weighted by molar-refractivity contribution is -0.131. The molecule has 3 heterocycles. The van der Waals surface area contributed by atoms with E-state index in [9.17, 15) is 4.79 Å². The zero-order valence-corrected chi connectivity index (χ0v) is 19.9. The third kappa shape index (κ3) is 4.86. The van der Waals surface area contributed by atoms with Gasteiger partial charge in [0.25, 0.3) is 0 Å². The minimum absolute atomic E-state index is 0.0334. The molecule has 1 saturated carbocycles. The van der Waals surface area contributed by atoms with Crippen molar-refractivity contribution in [2.75, 3.05) is 11.9 Å². The van der Waals surface area contributed by atoms with E-state index < -0.39 is 0 Å².